The van der Waals surface area contributed by atoms with Crippen LogP contribution in [0.5, 0.6) is 0 Å². The van der Waals surface area contributed by atoms with Crippen molar-refractivity contribution in [3.63, 3.8) is 0 Å². The van der Waals surface area contributed by atoms with Crippen molar-refractivity contribution in [2.45, 2.75) is 13.3 Å². The van der Waals surface area contributed by atoms with Gasteiger partial charge in [0.2, 0.25) is 5.91 Å². The second-order valence-electron chi connectivity index (χ2n) is 3.43. The molecular formula is C12H12F3NO. The number of carbonyl (C=O) groups is 1. The normalized spacial score (nSPS) is 10.8. The fourth-order valence-electron chi connectivity index (χ4n) is 1.23. The number of halogens is 3. The predicted octanol–water partition coefficient (Wildman–Crippen LogP) is 2.64. The summed E-state index contributed by atoms with van der Waals surface area (Å²) in [6, 6.07) is 1.60. The van der Waals surface area contributed by atoms with Crippen LogP contribution in [0.15, 0.2) is 18.2 Å². The summed E-state index contributed by atoms with van der Waals surface area (Å²) in [5.74, 6) is -3.30. The Hall–Kier alpha value is -1.78. The molecule has 0 atom stereocenters. The highest BCUT2D eigenvalue weighted by atomic mass is 19.2. The Labute approximate surface area is 97.1 Å². The van der Waals surface area contributed by atoms with E-state index in [4.69, 9.17) is 0 Å². The van der Waals surface area contributed by atoms with Gasteiger partial charge in [0.1, 0.15) is 5.82 Å². The molecule has 0 saturated heterocycles. The highest BCUT2D eigenvalue weighted by Gasteiger charge is 2.10. The molecule has 1 aromatic rings. The topological polar surface area (TPSA) is 29.1 Å². The van der Waals surface area contributed by atoms with Gasteiger partial charge in [0, 0.05) is 19.0 Å². The maximum absolute atomic E-state index is 13.2. The lowest BCUT2D eigenvalue weighted by molar-refractivity contribution is -0.118. The van der Waals surface area contributed by atoms with Crippen molar-refractivity contribution in [1.29, 1.82) is 0 Å². The minimum absolute atomic E-state index is 0.179. The van der Waals surface area contributed by atoms with Gasteiger partial charge in [-0.05, 0) is 18.6 Å². The average molecular weight is 243 g/mol. The summed E-state index contributed by atoms with van der Waals surface area (Å²) in [5, 5.41) is 2.52. The zero-order chi connectivity index (χ0) is 12.8. The van der Waals surface area contributed by atoms with Crippen LogP contribution in [-0.2, 0) is 4.79 Å². The lowest BCUT2D eigenvalue weighted by Crippen LogP contribution is -2.20. The fourth-order valence-corrected chi connectivity index (χ4v) is 1.23. The highest BCUT2D eigenvalue weighted by Crippen LogP contribution is 2.17. The lowest BCUT2D eigenvalue weighted by atomic mass is 10.1. The van der Waals surface area contributed by atoms with Crippen LogP contribution in [-0.4, -0.2) is 12.5 Å². The van der Waals surface area contributed by atoms with Gasteiger partial charge in [0.25, 0.3) is 0 Å². The van der Waals surface area contributed by atoms with E-state index in [2.05, 4.69) is 5.32 Å². The molecule has 0 spiro atoms. The molecule has 0 bridgehead atoms. The first-order valence-corrected chi connectivity index (χ1v) is 5.07. The monoisotopic (exact) mass is 243 g/mol. The second-order valence-corrected chi connectivity index (χ2v) is 3.43. The van der Waals surface area contributed by atoms with Gasteiger partial charge >= 0.3 is 0 Å². The van der Waals surface area contributed by atoms with Crippen molar-refractivity contribution in [3.05, 3.63) is 41.2 Å². The number of hydrogen-bond acceptors (Lipinski definition) is 1. The third-order valence-electron chi connectivity index (χ3n) is 2.05. The van der Waals surface area contributed by atoms with Gasteiger partial charge in [-0.1, -0.05) is 12.2 Å². The van der Waals surface area contributed by atoms with Crippen LogP contribution in [0.2, 0.25) is 0 Å². The Kier molecular flexibility index (Phi) is 4.75. The zero-order valence-electron chi connectivity index (χ0n) is 9.27. The van der Waals surface area contributed by atoms with Crippen LogP contribution in [0, 0.1) is 17.5 Å². The highest BCUT2D eigenvalue weighted by molar-refractivity contribution is 5.72. The SMILES string of the molecule is CC(=O)NCCC=Cc1c(F)ccc(F)c1F. The van der Waals surface area contributed by atoms with Crippen LogP contribution in [0.3, 0.4) is 0 Å². The van der Waals surface area contributed by atoms with E-state index in [1.54, 1.807) is 0 Å². The van der Waals surface area contributed by atoms with Crippen molar-refractivity contribution < 1.29 is 18.0 Å². The zero-order valence-corrected chi connectivity index (χ0v) is 9.27. The molecule has 0 aliphatic heterocycles. The molecule has 0 aromatic heterocycles. The van der Waals surface area contributed by atoms with Crippen molar-refractivity contribution in [1.82, 2.24) is 5.32 Å². The number of rotatable bonds is 4. The second kappa shape index (κ2) is 6.08. The van der Waals surface area contributed by atoms with Crippen molar-refractivity contribution in [2.24, 2.45) is 0 Å². The first-order chi connectivity index (χ1) is 8.02. The summed E-state index contributed by atoms with van der Waals surface area (Å²) in [6.45, 7) is 1.74. The molecule has 2 nitrogen and oxygen atoms in total. The number of hydrogen-bond donors (Lipinski definition) is 1. The number of amides is 1. The van der Waals surface area contributed by atoms with E-state index in [0.717, 1.165) is 18.2 Å². The van der Waals surface area contributed by atoms with Gasteiger partial charge in [-0.2, -0.15) is 0 Å². The van der Waals surface area contributed by atoms with E-state index in [0.29, 0.717) is 13.0 Å². The van der Waals surface area contributed by atoms with Gasteiger partial charge in [-0.25, -0.2) is 13.2 Å². The maximum Gasteiger partial charge on any atom is 0.216 e. The molecule has 1 amide bonds. The van der Waals surface area contributed by atoms with Gasteiger partial charge in [-0.3, -0.25) is 4.79 Å². The standard InChI is InChI=1S/C12H12F3NO/c1-8(17)16-7-3-2-4-9-10(13)5-6-11(14)12(9)15/h2,4-6H,3,7H2,1H3,(H,16,17). The van der Waals surface area contributed by atoms with E-state index < -0.39 is 23.0 Å². The van der Waals surface area contributed by atoms with Gasteiger partial charge in [0.05, 0.1) is 0 Å². The first kappa shape index (κ1) is 13.3. The fraction of sp³-hybridized carbons (Fsp3) is 0.250. The van der Waals surface area contributed by atoms with Crippen LogP contribution < -0.4 is 5.32 Å². The molecular weight excluding hydrogens is 231 g/mol. The molecule has 0 aliphatic rings. The van der Waals surface area contributed by atoms with Crippen LogP contribution in [0.4, 0.5) is 13.2 Å². The molecule has 1 aromatic carbocycles. The average Bonchev–Trinajstić information content (AvgIpc) is 2.27. The minimum atomic E-state index is -1.21. The Morgan fingerprint density at radius 1 is 1.29 bits per heavy atom. The van der Waals surface area contributed by atoms with Crippen LogP contribution in [0.25, 0.3) is 6.08 Å². The molecule has 0 fully saturated rings. The summed E-state index contributed by atoms with van der Waals surface area (Å²) < 4.78 is 39.1. The smallest absolute Gasteiger partial charge is 0.216 e. The van der Waals surface area contributed by atoms with Crippen molar-refractivity contribution in [2.75, 3.05) is 6.54 Å². The molecule has 1 rings (SSSR count). The Balaban J connectivity index is 2.65. The molecule has 0 unspecified atom stereocenters. The van der Waals surface area contributed by atoms with E-state index in [-0.39, 0.29) is 5.91 Å². The van der Waals surface area contributed by atoms with Gasteiger partial charge in [-0.15, -0.1) is 0 Å². The van der Waals surface area contributed by atoms with Gasteiger partial charge in [0.15, 0.2) is 11.6 Å². The third-order valence-corrected chi connectivity index (χ3v) is 2.05. The number of carbonyl (C=O) groups excluding carboxylic acids is 1. The largest absolute Gasteiger partial charge is 0.356 e. The summed E-state index contributed by atoms with van der Waals surface area (Å²) in [5.41, 5.74) is -0.409. The quantitative estimate of drug-likeness (QED) is 0.639. The van der Waals surface area contributed by atoms with Crippen molar-refractivity contribution >= 4 is 12.0 Å². The van der Waals surface area contributed by atoms with Crippen molar-refractivity contribution in [3.8, 4) is 0 Å². The van der Waals surface area contributed by atoms with Crippen LogP contribution >= 0.6 is 0 Å². The van der Waals surface area contributed by atoms with E-state index in [1.165, 1.54) is 13.0 Å². The summed E-state index contributed by atoms with van der Waals surface area (Å²) in [6.07, 6.45) is 3.04. The van der Waals surface area contributed by atoms with E-state index in [1.807, 2.05) is 0 Å². The molecule has 92 valence electrons. The predicted molar refractivity (Wildman–Crippen MR) is 58.7 cm³/mol. The summed E-state index contributed by atoms with van der Waals surface area (Å²) in [4.78, 5) is 10.5. The third kappa shape index (κ3) is 3.94. The Bertz CT molecular complexity index is 444. The first-order valence-electron chi connectivity index (χ1n) is 5.07. The van der Waals surface area contributed by atoms with E-state index in [9.17, 15) is 18.0 Å². The maximum atomic E-state index is 13.2. The Morgan fingerprint density at radius 2 is 1.94 bits per heavy atom. The number of benzene rings is 1. The lowest BCUT2D eigenvalue weighted by Gasteiger charge is -2.00. The molecule has 0 heterocycles. The summed E-state index contributed by atoms with van der Waals surface area (Å²) >= 11 is 0. The Morgan fingerprint density at radius 3 is 2.59 bits per heavy atom. The van der Waals surface area contributed by atoms with Crippen LogP contribution in [0.1, 0.15) is 18.9 Å². The number of nitrogens with one attached hydrogen (secondary N) is 1. The molecule has 0 radical (unpaired) electrons. The van der Waals surface area contributed by atoms with Gasteiger partial charge < -0.3 is 5.32 Å². The molecule has 17 heavy (non-hydrogen) atoms. The molecule has 1 N–H and O–H groups in total. The molecule has 0 aliphatic carbocycles. The molecule has 0 saturated carbocycles. The minimum Gasteiger partial charge on any atom is -0.356 e. The molecule has 5 heteroatoms. The summed E-state index contributed by atoms with van der Waals surface area (Å²) in [7, 11) is 0. The van der Waals surface area contributed by atoms with E-state index >= 15 is 0 Å².